The fourth-order valence-corrected chi connectivity index (χ4v) is 9.69. The number of hydrogen-bond acceptors (Lipinski definition) is 7. The Morgan fingerprint density at radius 3 is 2.75 bits per heavy atom. The van der Waals surface area contributed by atoms with Crippen LogP contribution >= 0.6 is 0 Å². The van der Waals surface area contributed by atoms with Crippen LogP contribution in [-0.2, 0) is 19.9 Å². The number of aliphatic hydroxyl groups excluding tert-OH is 1. The van der Waals surface area contributed by atoms with Gasteiger partial charge < -0.3 is 24.9 Å². The van der Waals surface area contributed by atoms with Gasteiger partial charge in [0.15, 0.2) is 13.9 Å². The first-order valence-corrected chi connectivity index (χ1v) is 16.8. The number of rotatable bonds is 5. The molecule has 5 atom stereocenters. The van der Waals surface area contributed by atoms with Crippen molar-refractivity contribution in [3.63, 3.8) is 0 Å². The minimum absolute atomic E-state index is 0.0121. The highest BCUT2D eigenvalue weighted by Gasteiger charge is 2.65. The molecule has 1 spiro atoms. The van der Waals surface area contributed by atoms with Crippen LogP contribution in [0.5, 0.6) is 0 Å². The first-order valence-electron chi connectivity index (χ1n) is 13.8. The van der Waals surface area contributed by atoms with Crippen molar-refractivity contribution < 1.29 is 24.2 Å². The molecule has 0 aliphatic carbocycles. The maximum absolute atomic E-state index is 13.7. The maximum Gasteiger partial charge on any atom is 0.279 e. The molecule has 2 amide bonds. The van der Waals surface area contributed by atoms with Gasteiger partial charge in [-0.15, -0.1) is 0 Å². The van der Waals surface area contributed by atoms with Crippen LogP contribution in [0.1, 0.15) is 31.7 Å². The molecule has 10 nitrogen and oxygen atoms in total. The monoisotopic (exact) mass is 562 g/mol. The van der Waals surface area contributed by atoms with Gasteiger partial charge in [-0.05, 0) is 50.2 Å². The molecule has 2 saturated heterocycles. The van der Waals surface area contributed by atoms with E-state index in [-0.39, 0.29) is 36.4 Å². The Balaban J connectivity index is 1.41. The lowest BCUT2D eigenvalue weighted by molar-refractivity contribution is -0.148. The number of amides is 2. The Morgan fingerprint density at radius 2 is 2.00 bits per heavy atom. The molecule has 4 heterocycles. The van der Waals surface area contributed by atoms with Gasteiger partial charge in [-0.1, -0.05) is 25.1 Å². The molecule has 1 aromatic heterocycles. The second kappa shape index (κ2) is 9.62. The lowest BCUT2D eigenvalue weighted by Gasteiger charge is -2.32. The quantitative estimate of drug-likeness (QED) is 0.407. The van der Waals surface area contributed by atoms with Crippen LogP contribution in [0, 0.1) is 5.92 Å². The smallest absolute Gasteiger partial charge is 0.279 e. The number of nitrogens with one attached hydrogen (secondary N) is 1. The third-order valence-corrected chi connectivity index (χ3v) is 11.4. The van der Waals surface area contributed by atoms with Crippen molar-refractivity contribution in [2.24, 2.45) is 5.92 Å². The predicted molar refractivity (Wildman–Crippen MR) is 152 cm³/mol. The van der Waals surface area contributed by atoms with E-state index in [1.165, 1.54) is 4.68 Å². The highest BCUT2D eigenvalue weighted by Crippen LogP contribution is 2.58. The predicted octanol–water partition coefficient (Wildman–Crippen LogP) is 2.51. The van der Waals surface area contributed by atoms with Crippen molar-refractivity contribution in [1.29, 1.82) is 0 Å². The SMILES string of the molecule is C[C@@H]1[C@@H]([Si](C)(C)O)[C@H](CC(=O)N2CCC[C@H]2CO)O[C@@]12C(=O)Nc1ccc(-n3ncc4ccccc4c3=O)cc12. The molecule has 11 heteroatoms. The summed E-state index contributed by atoms with van der Waals surface area (Å²) in [5, 5.41) is 18.3. The number of anilines is 1. The molecule has 2 aromatic carbocycles. The van der Waals surface area contributed by atoms with Crippen LogP contribution in [0.4, 0.5) is 5.69 Å². The normalized spacial score (nSPS) is 27.9. The van der Waals surface area contributed by atoms with Crippen LogP contribution in [0.15, 0.2) is 53.5 Å². The van der Waals surface area contributed by atoms with Gasteiger partial charge in [0.25, 0.3) is 11.5 Å². The van der Waals surface area contributed by atoms with Crippen molar-refractivity contribution in [3.8, 4) is 5.69 Å². The van der Waals surface area contributed by atoms with E-state index in [2.05, 4.69) is 10.4 Å². The summed E-state index contributed by atoms with van der Waals surface area (Å²) < 4.78 is 7.95. The molecule has 40 heavy (non-hydrogen) atoms. The van der Waals surface area contributed by atoms with Gasteiger partial charge in [-0.3, -0.25) is 14.4 Å². The third-order valence-electron chi connectivity index (χ3n) is 8.95. The number of ether oxygens (including phenoxy) is 1. The van der Waals surface area contributed by atoms with Crippen molar-refractivity contribution in [2.75, 3.05) is 18.5 Å². The van der Waals surface area contributed by atoms with Crippen molar-refractivity contribution in [3.05, 3.63) is 64.6 Å². The van der Waals surface area contributed by atoms with Gasteiger partial charge in [-0.25, -0.2) is 0 Å². The first-order chi connectivity index (χ1) is 19.1. The average molecular weight is 563 g/mol. The number of benzene rings is 2. The molecular formula is C29H34N4O6Si. The van der Waals surface area contributed by atoms with Crippen LogP contribution in [0.2, 0.25) is 18.6 Å². The topological polar surface area (TPSA) is 134 Å². The van der Waals surface area contributed by atoms with Gasteiger partial charge in [0.2, 0.25) is 5.91 Å². The minimum atomic E-state index is -2.94. The summed E-state index contributed by atoms with van der Waals surface area (Å²) in [5.74, 6) is -0.936. The van der Waals surface area contributed by atoms with Crippen molar-refractivity contribution in [2.45, 2.75) is 62.6 Å². The molecule has 0 saturated carbocycles. The molecule has 3 N–H and O–H groups in total. The number of carbonyl (C=O) groups excluding carboxylic acids is 2. The highest BCUT2D eigenvalue weighted by atomic mass is 28.4. The third kappa shape index (κ3) is 4.02. The van der Waals surface area contributed by atoms with E-state index in [1.54, 1.807) is 41.4 Å². The van der Waals surface area contributed by atoms with E-state index in [1.807, 2.05) is 32.2 Å². The Bertz CT molecular complexity index is 1570. The van der Waals surface area contributed by atoms with E-state index >= 15 is 0 Å². The molecule has 0 radical (unpaired) electrons. The number of hydrogen-bond donors (Lipinski definition) is 3. The molecule has 0 bridgehead atoms. The first kappa shape index (κ1) is 26.8. The molecule has 210 valence electrons. The molecule has 3 aliphatic heterocycles. The summed E-state index contributed by atoms with van der Waals surface area (Å²) >= 11 is 0. The second-order valence-electron chi connectivity index (χ2n) is 11.8. The van der Waals surface area contributed by atoms with E-state index in [4.69, 9.17) is 4.74 Å². The standard InChI is InChI=1S/C29H34N4O6Si/c1-17-26(40(2,3)38)24(14-25(35)32-12-6-8-20(32)16-34)39-29(17)22-13-19(10-11-23(22)31-28(29)37)33-27(36)21-9-5-4-7-18(21)15-30-33/h4-5,7,9-11,13,15,17,20,24,26,34,38H,6,8,12,14,16H2,1-3H3,(H,31,37)/t17-,20+,24+,26-,29+/m1/s1. The number of fused-ring (bicyclic) bond motifs is 3. The fourth-order valence-electron chi connectivity index (χ4n) is 7.13. The summed E-state index contributed by atoms with van der Waals surface area (Å²) in [7, 11) is -2.94. The Hall–Kier alpha value is -3.38. The van der Waals surface area contributed by atoms with Crippen LogP contribution < -0.4 is 10.9 Å². The van der Waals surface area contributed by atoms with Gasteiger partial charge in [0.05, 0.1) is 42.4 Å². The zero-order chi connectivity index (χ0) is 28.4. The van der Waals surface area contributed by atoms with Gasteiger partial charge in [0.1, 0.15) is 0 Å². The number of aliphatic hydroxyl groups is 1. The van der Waals surface area contributed by atoms with Crippen molar-refractivity contribution in [1.82, 2.24) is 14.7 Å². The Morgan fingerprint density at radius 1 is 1.23 bits per heavy atom. The summed E-state index contributed by atoms with van der Waals surface area (Å²) in [4.78, 5) is 53.5. The van der Waals surface area contributed by atoms with Gasteiger partial charge in [-0.2, -0.15) is 9.78 Å². The van der Waals surface area contributed by atoms with E-state index in [0.29, 0.717) is 28.9 Å². The van der Waals surface area contributed by atoms with E-state index in [9.17, 15) is 24.3 Å². The lowest BCUT2D eigenvalue weighted by atomic mass is 9.82. The van der Waals surface area contributed by atoms with Crippen molar-refractivity contribution >= 4 is 36.6 Å². The number of nitrogens with zero attached hydrogens (tertiary/aromatic N) is 3. The van der Waals surface area contributed by atoms with E-state index < -0.39 is 31.5 Å². The van der Waals surface area contributed by atoms with Crippen LogP contribution in [0.25, 0.3) is 16.5 Å². The molecule has 3 aromatic rings. The summed E-state index contributed by atoms with van der Waals surface area (Å²) in [6, 6.07) is 12.2. The van der Waals surface area contributed by atoms with Crippen LogP contribution in [-0.4, -0.2) is 70.0 Å². The van der Waals surface area contributed by atoms with Gasteiger partial charge in [0, 0.05) is 34.6 Å². The summed E-state index contributed by atoms with van der Waals surface area (Å²) in [6.45, 7) is 5.99. The highest BCUT2D eigenvalue weighted by molar-refractivity contribution is 6.71. The average Bonchev–Trinajstić information content (AvgIpc) is 3.59. The molecule has 3 aliphatic rings. The minimum Gasteiger partial charge on any atom is -0.432 e. The Labute approximate surface area is 232 Å². The van der Waals surface area contributed by atoms with Gasteiger partial charge >= 0.3 is 0 Å². The number of carbonyl (C=O) groups is 2. The fraction of sp³-hybridized carbons (Fsp3) is 0.448. The molecule has 2 fully saturated rings. The second-order valence-corrected chi connectivity index (χ2v) is 15.7. The molecule has 6 rings (SSSR count). The number of likely N-dealkylation sites (tertiary alicyclic amines) is 1. The summed E-state index contributed by atoms with van der Waals surface area (Å²) in [5.41, 5.74) is -0.502. The van der Waals surface area contributed by atoms with E-state index in [0.717, 1.165) is 18.2 Å². The van der Waals surface area contributed by atoms with Crippen LogP contribution in [0.3, 0.4) is 0 Å². The summed E-state index contributed by atoms with van der Waals surface area (Å²) in [6.07, 6.45) is 2.54. The molecular weight excluding hydrogens is 528 g/mol. The lowest BCUT2D eigenvalue weighted by Crippen LogP contribution is -2.44. The zero-order valence-corrected chi connectivity index (χ0v) is 23.8. The maximum atomic E-state index is 13.7. The molecule has 0 unspecified atom stereocenters. The Kier molecular flexibility index (Phi) is 6.45. The largest absolute Gasteiger partial charge is 0.432 e. The number of aromatic nitrogens is 2. The zero-order valence-electron chi connectivity index (χ0n) is 22.8.